The number of carbonyl (C=O) groups is 2. The number of nitriles is 1. The van der Waals surface area contributed by atoms with Gasteiger partial charge >= 0.3 is 0 Å². The number of rotatable bonds is 5. The topological polar surface area (TPSA) is 82.0 Å². The molecular formula is C15H16ClN3O2. The van der Waals surface area contributed by atoms with Crippen LogP contribution in [0.4, 0.5) is 5.69 Å². The fourth-order valence-corrected chi connectivity index (χ4v) is 1.70. The van der Waals surface area contributed by atoms with Crippen LogP contribution in [-0.4, -0.2) is 11.8 Å². The summed E-state index contributed by atoms with van der Waals surface area (Å²) in [6.07, 6.45) is 2.13. The van der Waals surface area contributed by atoms with E-state index >= 15 is 0 Å². The van der Waals surface area contributed by atoms with Crippen LogP contribution >= 0.6 is 11.6 Å². The summed E-state index contributed by atoms with van der Waals surface area (Å²) in [7, 11) is 0. The molecule has 0 atom stereocenters. The second kappa shape index (κ2) is 8.08. The van der Waals surface area contributed by atoms with E-state index in [1.165, 1.54) is 6.20 Å². The molecular weight excluding hydrogens is 290 g/mol. The lowest BCUT2D eigenvalue weighted by Gasteiger charge is -2.07. The molecule has 1 aromatic rings. The number of imide groups is 1. The number of nitrogens with one attached hydrogen (secondary N) is 2. The molecule has 21 heavy (non-hydrogen) atoms. The van der Waals surface area contributed by atoms with E-state index in [9.17, 15) is 9.59 Å². The van der Waals surface area contributed by atoms with Gasteiger partial charge in [0.15, 0.2) is 0 Å². The number of carbonyl (C=O) groups excluding carboxylic acids is 2. The fourth-order valence-electron chi connectivity index (χ4n) is 1.53. The molecule has 0 unspecified atom stereocenters. The smallest absolute Gasteiger partial charge is 0.269 e. The van der Waals surface area contributed by atoms with Gasteiger partial charge in [0, 0.05) is 23.3 Å². The first-order valence-corrected chi connectivity index (χ1v) is 6.82. The minimum absolute atomic E-state index is 0.182. The average molecular weight is 306 g/mol. The molecule has 0 aliphatic heterocycles. The van der Waals surface area contributed by atoms with Crippen molar-refractivity contribution < 1.29 is 9.59 Å². The molecule has 0 fully saturated rings. The molecule has 2 N–H and O–H groups in total. The number of halogens is 1. The predicted octanol–water partition coefficient (Wildman–Crippen LogP) is 2.91. The van der Waals surface area contributed by atoms with E-state index in [0.29, 0.717) is 17.1 Å². The van der Waals surface area contributed by atoms with Gasteiger partial charge in [-0.3, -0.25) is 14.9 Å². The molecule has 1 rings (SSSR count). The van der Waals surface area contributed by atoms with Crippen molar-refractivity contribution in [1.29, 1.82) is 5.26 Å². The maximum absolute atomic E-state index is 11.7. The highest BCUT2D eigenvalue weighted by atomic mass is 35.5. The van der Waals surface area contributed by atoms with Crippen molar-refractivity contribution in [3.8, 4) is 6.07 Å². The number of nitrogens with zero attached hydrogens (tertiary/aromatic N) is 1. The van der Waals surface area contributed by atoms with E-state index in [1.807, 2.05) is 19.9 Å². The maximum Gasteiger partial charge on any atom is 0.269 e. The van der Waals surface area contributed by atoms with Gasteiger partial charge in [-0.25, -0.2) is 0 Å². The second-order valence-electron chi connectivity index (χ2n) is 4.40. The lowest BCUT2D eigenvalue weighted by molar-refractivity contribution is -0.128. The molecule has 0 aliphatic carbocycles. The molecule has 0 bridgehead atoms. The van der Waals surface area contributed by atoms with Gasteiger partial charge in [-0.05, 0) is 31.0 Å². The molecule has 0 saturated heterocycles. The van der Waals surface area contributed by atoms with Crippen LogP contribution in [0, 0.1) is 18.3 Å². The van der Waals surface area contributed by atoms with Crippen LogP contribution in [0.1, 0.15) is 25.3 Å². The van der Waals surface area contributed by atoms with Crippen LogP contribution < -0.4 is 10.6 Å². The summed E-state index contributed by atoms with van der Waals surface area (Å²) >= 11 is 5.88. The molecule has 6 heteroatoms. The molecule has 0 saturated carbocycles. The monoisotopic (exact) mass is 305 g/mol. The van der Waals surface area contributed by atoms with Crippen molar-refractivity contribution in [2.75, 3.05) is 5.32 Å². The zero-order chi connectivity index (χ0) is 15.8. The van der Waals surface area contributed by atoms with Crippen LogP contribution in [0.5, 0.6) is 0 Å². The van der Waals surface area contributed by atoms with Crippen LogP contribution in [0.25, 0.3) is 0 Å². The Morgan fingerprint density at radius 3 is 2.76 bits per heavy atom. The van der Waals surface area contributed by atoms with Crippen molar-refractivity contribution in [3.63, 3.8) is 0 Å². The van der Waals surface area contributed by atoms with Crippen LogP contribution in [0.15, 0.2) is 30.0 Å². The highest BCUT2D eigenvalue weighted by Crippen LogP contribution is 2.20. The molecule has 0 aromatic heterocycles. The summed E-state index contributed by atoms with van der Waals surface area (Å²) in [5.41, 5.74) is 1.41. The molecule has 0 aliphatic rings. The quantitative estimate of drug-likeness (QED) is 0.647. The second-order valence-corrected chi connectivity index (χ2v) is 4.84. The maximum atomic E-state index is 11.7. The first-order valence-electron chi connectivity index (χ1n) is 6.45. The molecule has 5 nitrogen and oxygen atoms in total. The van der Waals surface area contributed by atoms with Gasteiger partial charge in [0.25, 0.3) is 5.91 Å². The van der Waals surface area contributed by atoms with E-state index in [4.69, 9.17) is 16.9 Å². The summed E-state index contributed by atoms with van der Waals surface area (Å²) in [6.45, 7) is 3.69. The molecule has 110 valence electrons. The summed E-state index contributed by atoms with van der Waals surface area (Å²) in [5, 5.41) is 14.5. The minimum atomic E-state index is -0.719. The third kappa shape index (κ3) is 5.28. The van der Waals surface area contributed by atoms with Crippen molar-refractivity contribution in [2.45, 2.75) is 26.7 Å². The molecule has 2 amide bonds. The van der Waals surface area contributed by atoms with E-state index in [2.05, 4.69) is 10.6 Å². The van der Waals surface area contributed by atoms with Gasteiger partial charge in [-0.1, -0.05) is 24.6 Å². The highest BCUT2D eigenvalue weighted by molar-refractivity contribution is 6.30. The van der Waals surface area contributed by atoms with Gasteiger partial charge in [-0.2, -0.15) is 5.26 Å². The van der Waals surface area contributed by atoms with Crippen LogP contribution in [0.3, 0.4) is 0 Å². The summed E-state index contributed by atoms with van der Waals surface area (Å²) in [6, 6.07) is 7.00. The Hall–Kier alpha value is -2.32. The largest absolute Gasteiger partial charge is 0.360 e. The summed E-state index contributed by atoms with van der Waals surface area (Å²) < 4.78 is 0. The molecule has 0 heterocycles. The van der Waals surface area contributed by atoms with Crippen molar-refractivity contribution >= 4 is 29.1 Å². The fraction of sp³-hybridized carbons (Fsp3) is 0.267. The summed E-state index contributed by atoms with van der Waals surface area (Å²) in [5.74, 6) is -1.12. The van der Waals surface area contributed by atoms with Gasteiger partial charge in [0.05, 0.1) is 0 Å². The first-order chi connectivity index (χ1) is 9.97. The third-order valence-corrected chi connectivity index (χ3v) is 2.90. The number of aryl methyl sites for hydroxylation is 1. The van der Waals surface area contributed by atoms with E-state index in [0.717, 1.165) is 5.56 Å². The number of anilines is 1. The van der Waals surface area contributed by atoms with Gasteiger partial charge in [-0.15, -0.1) is 0 Å². The predicted molar refractivity (Wildman–Crippen MR) is 81.6 cm³/mol. The lowest BCUT2D eigenvalue weighted by Crippen LogP contribution is -2.31. The molecule has 0 radical (unpaired) electrons. The zero-order valence-electron chi connectivity index (χ0n) is 11.9. The van der Waals surface area contributed by atoms with E-state index < -0.39 is 11.8 Å². The van der Waals surface area contributed by atoms with Gasteiger partial charge in [0.2, 0.25) is 5.91 Å². The van der Waals surface area contributed by atoms with Gasteiger partial charge in [0.1, 0.15) is 11.6 Å². The van der Waals surface area contributed by atoms with Crippen molar-refractivity contribution in [2.24, 2.45) is 0 Å². The van der Waals surface area contributed by atoms with E-state index in [1.54, 1.807) is 18.2 Å². The Balaban J connectivity index is 2.80. The Kier molecular flexibility index (Phi) is 6.44. The van der Waals surface area contributed by atoms with Crippen LogP contribution in [-0.2, 0) is 9.59 Å². The van der Waals surface area contributed by atoms with Crippen molar-refractivity contribution in [1.82, 2.24) is 5.32 Å². The highest BCUT2D eigenvalue weighted by Gasteiger charge is 2.12. The van der Waals surface area contributed by atoms with Gasteiger partial charge < -0.3 is 5.32 Å². The Morgan fingerprint density at radius 2 is 2.14 bits per heavy atom. The Labute approximate surface area is 128 Å². The SMILES string of the molecule is CCCC(=O)NC(=O)/C(C#N)=C\Nc1cc(Cl)ccc1C. The Morgan fingerprint density at radius 1 is 1.43 bits per heavy atom. The first kappa shape index (κ1) is 16.7. The number of benzene rings is 1. The molecule has 0 spiro atoms. The number of hydrogen-bond acceptors (Lipinski definition) is 4. The minimum Gasteiger partial charge on any atom is -0.360 e. The standard InChI is InChI=1S/C15H16ClN3O2/c1-3-4-14(20)19-15(21)11(8-17)9-18-13-7-12(16)6-5-10(13)2/h5-7,9,18H,3-4H2,1-2H3,(H,19,20,21)/b11-9-. The van der Waals surface area contributed by atoms with Crippen LogP contribution in [0.2, 0.25) is 5.02 Å². The third-order valence-electron chi connectivity index (χ3n) is 2.67. The Bertz CT molecular complexity index is 618. The van der Waals surface area contributed by atoms with E-state index in [-0.39, 0.29) is 12.0 Å². The molecule has 1 aromatic carbocycles. The number of hydrogen-bond donors (Lipinski definition) is 2. The number of amides is 2. The normalized spacial score (nSPS) is 10.7. The lowest BCUT2D eigenvalue weighted by atomic mass is 10.2. The summed E-state index contributed by atoms with van der Waals surface area (Å²) in [4.78, 5) is 23.1. The van der Waals surface area contributed by atoms with Crippen molar-refractivity contribution in [3.05, 3.63) is 40.6 Å². The average Bonchev–Trinajstić information content (AvgIpc) is 2.43. The zero-order valence-corrected chi connectivity index (χ0v) is 12.6.